The second-order valence-electron chi connectivity index (χ2n) is 3.92. The second-order valence-corrected chi connectivity index (χ2v) is 4.77. The Morgan fingerprint density at radius 2 is 2.00 bits per heavy atom. The van der Waals surface area contributed by atoms with Gasteiger partial charge < -0.3 is 5.32 Å². The lowest BCUT2D eigenvalue weighted by atomic mass is 10.2. The third kappa shape index (κ3) is 5.91. The minimum Gasteiger partial charge on any atom is -0.384 e. The predicted octanol–water partition coefficient (Wildman–Crippen LogP) is 4.50. The van der Waals surface area contributed by atoms with Crippen molar-refractivity contribution in [2.24, 2.45) is 0 Å². The lowest BCUT2D eigenvalue weighted by Gasteiger charge is -2.09. The molecule has 19 heavy (non-hydrogen) atoms. The van der Waals surface area contributed by atoms with Crippen molar-refractivity contribution < 1.29 is 18.1 Å². The molecule has 0 bridgehead atoms. The van der Waals surface area contributed by atoms with Gasteiger partial charge in [-0.25, -0.2) is 0 Å². The van der Waals surface area contributed by atoms with Crippen molar-refractivity contribution in [2.45, 2.75) is 25.4 Å². The lowest BCUT2D eigenvalue weighted by Crippen LogP contribution is -2.08. The molecule has 0 radical (unpaired) electrons. The number of anilines is 1. The van der Waals surface area contributed by atoms with Crippen LogP contribution >= 0.6 is 15.9 Å². The van der Waals surface area contributed by atoms with Crippen LogP contribution in [0, 0.1) is 10.1 Å². The highest BCUT2D eigenvalue weighted by molar-refractivity contribution is 9.10. The molecule has 0 heterocycles. The molecule has 1 aromatic rings. The number of hydrogen-bond donors (Lipinski definition) is 1. The van der Waals surface area contributed by atoms with E-state index in [2.05, 4.69) is 21.2 Å². The van der Waals surface area contributed by atoms with Gasteiger partial charge in [-0.15, -0.1) is 0 Å². The van der Waals surface area contributed by atoms with E-state index in [1.54, 1.807) is 0 Å². The van der Waals surface area contributed by atoms with Gasteiger partial charge in [-0.05, 0) is 34.8 Å². The third-order valence-corrected chi connectivity index (χ3v) is 3.02. The van der Waals surface area contributed by atoms with Crippen molar-refractivity contribution in [3.05, 3.63) is 32.8 Å². The Balaban J connectivity index is 2.40. The first kappa shape index (κ1) is 15.7. The quantitative estimate of drug-likeness (QED) is 0.471. The average Bonchev–Trinajstić information content (AvgIpc) is 2.28. The summed E-state index contributed by atoms with van der Waals surface area (Å²) in [5.74, 6) is 0. The van der Waals surface area contributed by atoms with Gasteiger partial charge in [0, 0.05) is 35.3 Å². The zero-order valence-corrected chi connectivity index (χ0v) is 11.4. The molecule has 0 aliphatic rings. The van der Waals surface area contributed by atoms with E-state index in [4.69, 9.17) is 0 Å². The molecule has 0 atom stereocenters. The van der Waals surface area contributed by atoms with Crippen LogP contribution in [0.25, 0.3) is 0 Å². The number of nitro groups is 1. The summed E-state index contributed by atoms with van der Waals surface area (Å²) in [6.45, 7) is 0.381. The molecule has 1 rings (SSSR count). The van der Waals surface area contributed by atoms with Crippen molar-refractivity contribution in [3.63, 3.8) is 0 Å². The lowest BCUT2D eigenvalue weighted by molar-refractivity contribution is -0.384. The molecule has 0 aliphatic heterocycles. The molecule has 0 unspecified atom stereocenters. The van der Waals surface area contributed by atoms with Gasteiger partial charge in [0.2, 0.25) is 0 Å². The second kappa shape index (κ2) is 6.74. The van der Waals surface area contributed by atoms with Gasteiger partial charge in [0.25, 0.3) is 5.69 Å². The maximum absolute atomic E-state index is 11.9. The highest BCUT2D eigenvalue weighted by Crippen LogP contribution is 2.27. The van der Waals surface area contributed by atoms with Gasteiger partial charge in [-0.1, -0.05) is 0 Å². The predicted molar refractivity (Wildman–Crippen MR) is 69.2 cm³/mol. The van der Waals surface area contributed by atoms with E-state index in [1.807, 2.05) is 0 Å². The minimum absolute atomic E-state index is 0.0468. The molecule has 8 heteroatoms. The fourth-order valence-corrected chi connectivity index (χ4v) is 1.94. The van der Waals surface area contributed by atoms with Crippen LogP contribution in [0.5, 0.6) is 0 Å². The first-order valence-electron chi connectivity index (χ1n) is 5.54. The molecular formula is C11H12BrF3N2O2. The summed E-state index contributed by atoms with van der Waals surface area (Å²) in [6.07, 6.45) is -4.48. The highest BCUT2D eigenvalue weighted by Gasteiger charge is 2.25. The smallest absolute Gasteiger partial charge is 0.384 e. The van der Waals surface area contributed by atoms with Gasteiger partial charge in [0.15, 0.2) is 0 Å². The number of nitrogens with zero attached hydrogens (tertiary/aromatic N) is 1. The molecule has 0 saturated carbocycles. The number of rotatable bonds is 6. The van der Waals surface area contributed by atoms with E-state index in [1.165, 1.54) is 18.2 Å². The average molecular weight is 341 g/mol. The molecule has 0 saturated heterocycles. The van der Waals surface area contributed by atoms with Crippen molar-refractivity contribution in [1.29, 1.82) is 0 Å². The fraction of sp³-hybridized carbons (Fsp3) is 0.455. The maximum Gasteiger partial charge on any atom is 0.389 e. The molecule has 1 aromatic carbocycles. The third-order valence-electron chi connectivity index (χ3n) is 2.37. The van der Waals surface area contributed by atoms with E-state index in [0.29, 0.717) is 23.1 Å². The van der Waals surface area contributed by atoms with Crippen molar-refractivity contribution >= 4 is 27.3 Å². The van der Waals surface area contributed by atoms with Gasteiger partial charge in [-0.3, -0.25) is 10.1 Å². The Hall–Kier alpha value is -1.31. The molecule has 0 amide bonds. The first-order valence-corrected chi connectivity index (χ1v) is 6.33. The van der Waals surface area contributed by atoms with Gasteiger partial charge >= 0.3 is 6.18 Å². The Labute approximate surface area is 116 Å². The molecule has 0 aliphatic carbocycles. The Morgan fingerprint density at radius 3 is 2.53 bits per heavy atom. The zero-order valence-electron chi connectivity index (χ0n) is 9.84. The summed E-state index contributed by atoms with van der Waals surface area (Å²) in [7, 11) is 0. The Morgan fingerprint density at radius 1 is 1.32 bits per heavy atom. The van der Waals surface area contributed by atoms with Crippen molar-refractivity contribution in [1.82, 2.24) is 0 Å². The van der Waals surface area contributed by atoms with E-state index in [9.17, 15) is 23.3 Å². The van der Waals surface area contributed by atoms with Crippen molar-refractivity contribution in [3.8, 4) is 0 Å². The number of unbranched alkanes of at least 4 members (excludes halogenated alkanes) is 1. The Bertz CT molecular complexity index is 452. The number of alkyl halides is 3. The van der Waals surface area contributed by atoms with Crippen LogP contribution in [0.15, 0.2) is 22.7 Å². The van der Waals surface area contributed by atoms with E-state index < -0.39 is 17.5 Å². The first-order chi connectivity index (χ1) is 8.79. The molecule has 106 valence electrons. The van der Waals surface area contributed by atoms with Gasteiger partial charge in [0.05, 0.1) is 4.92 Å². The zero-order chi connectivity index (χ0) is 14.5. The molecule has 0 aromatic heterocycles. The summed E-state index contributed by atoms with van der Waals surface area (Å²) in [4.78, 5) is 10.00. The number of nitro benzene ring substituents is 1. The number of benzene rings is 1. The highest BCUT2D eigenvalue weighted by atomic mass is 79.9. The summed E-state index contributed by atoms with van der Waals surface area (Å²) in [5, 5.41) is 13.4. The molecule has 0 fully saturated rings. The van der Waals surface area contributed by atoms with Crippen LogP contribution < -0.4 is 5.32 Å². The van der Waals surface area contributed by atoms with E-state index in [0.717, 1.165) is 0 Å². The molecular weight excluding hydrogens is 329 g/mol. The van der Waals surface area contributed by atoms with Crippen LogP contribution in [0.3, 0.4) is 0 Å². The number of non-ortho nitro benzene ring substituents is 1. The van der Waals surface area contributed by atoms with Gasteiger partial charge in [0.1, 0.15) is 0 Å². The standard InChI is InChI=1S/C11H12BrF3N2O2/c12-9-7-8(17(18)19)3-4-10(9)16-6-2-1-5-11(13,14)15/h3-4,7,16H,1-2,5-6H2. The summed E-state index contributed by atoms with van der Waals surface area (Å²) in [5.41, 5.74) is 0.576. The van der Waals surface area contributed by atoms with Crippen LogP contribution in [0.1, 0.15) is 19.3 Å². The SMILES string of the molecule is O=[N+]([O-])c1ccc(NCCCCC(F)(F)F)c(Br)c1. The minimum atomic E-state index is -4.12. The molecule has 1 N–H and O–H groups in total. The number of halogens is 4. The van der Waals surface area contributed by atoms with E-state index >= 15 is 0 Å². The number of nitrogens with one attached hydrogen (secondary N) is 1. The topological polar surface area (TPSA) is 55.2 Å². The molecule has 4 nitrogen and oxygen atoms in total. The summed E-state index contributed by atoms with van der Waals surface area (Å²) >= 11 is 3.17. The molecule has 0 spiro atoms. The van der Waals surface area contributed by atoms with Gasteiger partial charge in [-0.2, -0.15) is 13.2 Å². The van der Waals surface area contributed by atoms with Crippen molar-refractivity contribution in [2.75, 3.05) is 11.9 Å². The number of hydrogen-bond acceptors (Lipinski definition) is 3. The maximum atomic E-state index is 11.9. The monoisotopic (exact) mass is 340 g/mol. The van der Waals surface area contributed by atoms with E-state index in [-0.39, 0.29) is 12.1 Å². The largest absolute Gasteiger partial charge is 0.389 e. The van der Waals surface area contributed by atoms with Crippen LogP contribution in [-0.2, 0) is 0 Å². The van der Waals surface area contributed by atoms with Crippen LogP contribution in [0.4, 0.5) is 24.5 Å². The Kier molecular flexibility index (Phi) is 5.59. The summed E-state index contributed by atoms with van der Waals surface area (Å²) < 4.78 is 36.2. The fourth-order valence-electron chi connectivity index (χ4n) is 1.43. The summed E-state index contributed by atoms with van der Waals surface area (Å²) in [6, 6.07) is 4.20. The van der Waals surface area contributed by atoms with Crippen LogP contribution in [0.2, 0.25) is 0 Å². The van der Waals surface area contributed by atoms with Crippen LogP contribution in [-0.4, -0.2) is 17.6 Å². The normalized spacial score (nSPS) is 11.4.